The smallest absolute Gasteiger partial charge is 0.329 e. The van der Waals surface area contributed by atoms with Gasteiger partial charge in [0.05, 0.1) is 12.5 Å². The fourth-order valence-corrected chi connectivity index (χ4v) is 2.24. The van der Waals surface area contributed by atoms with E-state index in [9.17, 15) is 9.59 Å². The molecule has 1 amide bonds. The molecule has 96 valence electrons. The topological polar surface area (TPSA) is 46.6 Å². The first-order chi connectivity index (χ1) is 8.65. The van der Waals surface area contributed by atoms with Crippen LogP contribution in [0.25, 0.3) is 0 Å². The van der Waals surface area contributed by atoms with E-state index in [0.29, 0.717) is 13.2 Å². The van der Waals surface area contributed by atoms with Crippen molar-refractivity contribution in [2.45, 2.75) is 26.4 Å². The summed E-state index contributed by atoms with van der Waals surface area (Å²) in [5.74, 6) is -0.565. The summed E-state index contributed by atoms with van der Waals surface area (Å²) in [6.07, 6.45) is 0. The monoisotopic (exact) mass is 247 g/mol. The summed E-state index contributed by atoms with van der Waals surface area (Å²) in [7, 11) is 0. The predicted molar refractivity (Wildman–Crippen MR) is 66.6 cm³/mol. The number of amides is 1. The molecule has 1 aromatic rings. The van der Waals surface area contributed by atoms with Crippen LogP contribution in [0.5, 0.6) is 0 Å². The van der Waals surface area contributed by atoms with Crippen molar-refractivity contribution < 1.29 is 14.3 Å². The molecule has 0 radical (unpaired) electrons. The van der Waals surface area contributed by atoms with Gasteiger partial charge < -0.3 is 9.64 Å². The molecule has 0 N–H and O–H groups in total. The summed E-state index contributed by atoms with van der Waals surface area (Å²) in [5, 5.41) is 0. The van der Waals surface area contributed by atoms with Gasteiger partial charge in [0.25, 0.3) is 0 Å². The summed E-state index contributed by atoms with van der Waals surface area (Å²) in [6.45, 7) is 4.35. The summed E-state index contributed by atoms with van der Waals surface area (Å²) in [6, 6.07) is 9.21. The molecule has 2 atom stereocenters. The van der Waals surface area contributed by atoms with Gasteiger partial charge >= 0.3 is 5.97 Å². The van der Waals surface area contributed by atoms with Crippen LogP contribution >= 0.6 is 0 Å². The van der Waals surface area contributed by atoms with E-state index in [4.69, 9.17) is 4.74 Å². The Morgan fingerprint density at radius 3 is 2.61 bits per heavy atom. The molecule has 1 aliphatic rings. The van der Waals surface area contributed by atoms with Crippen LogP contribution in [0.4, 0.5) is 0 Å². The van der Waals surface area contributed by atoms with Gasteiger partial charge in [0.15, 0.2) is 0 Å². The lowest BCUT2D eigenvalue weighted by molar-refractivity contribution is -0.174. The fraction of sp³-hybridized carbons (Fsp3) is 0.429. The van der Waals surface area contributed by atoms with Crippen molar-refractivity contribution in [3.63, 3.8) is 0 Å². The summed E-state index contributed by atoms with van der Waals surface area (Å²) < 4.78 is 5.00. The van der Waals surface area contributed by atoms with E-state index < -0.39 is 6.04 Å². The molecule has 0 saturated carbocycles. The van der Waals surface area contributed by atoms with Crippen molar-refractivity contribution >= 4 is 11.9 Å². The van der Waals surface area contributed by atoms with Gasteiger partial charge in [0.1, 0.15) is 6.04 Å². The molecule has 1 saturated heterocycles. The zero-order valence-corrected chi connectivity index (χ0v) is 10.6. The second kappa shape index (κ2) is 5.21. The maximum Gasteiger partial charge on any atom is 0.329 e. The molecule has 18 heavy (non-hydrogen) atoms. The minimum absolute atomic E-state index is 0.0110. The van der Waals surface area contributed by atoms with Gasteiger partial charge in [0.2, 0.25) is 5.91 Å². The van der Waals surface area contributed by atoms with E-state index in [1.165, 1.54) is 0 Å². The third-order valence-corrected chi connectivity index (χ3v) is 3.21. The Balaban J connectivity index is 2.07. The first-order valence-electron chi connectivity index (χ1n) is 6.16. The highest BCUT2D eigenvalue weighted by molar-refractivity contribution is 5.96. The quantitative estimate of drug-likeness (QED) is 0.599. The van der Waals surface area contributed by atoms with Crippen LogP contribution in [-0.4, -0.2) is 29.4 Å². The van der Waals surface area contributed by atoms with Gasteiger partial charge in [-0.05, 0) is 12.5 Å². The summed E-state index contributed by atoms with van der Waals surface area (Å²) in [5.41, 5.74) is 1.02. The van der Waals surface area contributed by atoms with Crippen LogP contribution in [-0.2, 0) is 20.9 Å². The van der Waals surface area contributed by atoms with Crippen molar-refractivity contribution in [2.75, 3.05) is 6.61 Å². The molecule has 0 aromatic heterocycles. The van der Waals surface area contributed by atoms with E-state index in [0.717, 1.165) is 5.56 Å². The van der Waals surface area contributed by atoms with E-state index in [-0.39, 0.29) is 17.8 Å². The standard InChI is InChI=1S/C14H17NO3/c1-3-18-14(17)12-10(2)13(16)15(12)9-11-7-5-4-6-8-11/h4-8,10,12H,3,9H2,1-2H3. The number of carbonyl (C=O) groups excluding carboxylic acids is 2. The van der Waals surface area contributed by atoms with Gasteiger partial charge in [-0.2, -0.15) is 0 Å². The highest BCUT2D eigenvalue weighted by Crippen LogP contribution is 2.29. The Labute approximate surface area is 107 Å². The van der Waals surface area contributed by atoms with Crippen molar-refractivity contribution in [1.29, 1.82) is 0 Å². The van der Waals surface area contributed by atoms with E-state index in [1.54, 1.807) is 18.7 Å². The maximum absolute atomic E-state index is 11.8. The average Bonchev–Trinajstić information content (AvgIpc) is 2.39. The van der Waals surface area contributed by atoms with Crippen molar-refractivity contribution in [2.24, 2.45) is 5.92 Å². The molecule has 0 bridgehead atoms. The van der Waals surface area contributed by atoms with Gasteiger partial charge in [-0.25, -0.2) is 4.79 Å². The van der Waals surface area contributed by atoms with Crippen molar-refractivity contribution in [3.05, 3.63) is 35.9 Å². The van der Waals surface area contributed by atoms with Crippen LogP contribution in [0, 0.1) is 5.92 Å². The number of esters is 1. The van der Waals surface area contributed by atoms with Crippen LogP contribution in [0.15, 0.2) is 30.3 Å². The van der Waals surface area contributed by atoms with Gasteiger partial charge in [-0.15, -0.1) is 0 Å². The molecule has 1 heterocycles. The van der Waals surface area contributed by atoms with Crippen LogP contribution in [0.1, 0.15) is 19.4 Å². The Hall–Kier alpha value is -1.84. The molecular formula is C14H17NO3. The lowest BCUT2D eigenvalue weighted by atomic mass is 9.88. The number of nitrogens with zero attached hydrogens (tertiary/aromatic N) is 1. The second-order valence-corrected chi connectivity index (χ2v) is 4.44. The number of likely N-dealkylation sites (tertiary alicyclic amines) is 1. The number of ether oxygens (including phenoxy) is 1. The molecule has 1 aromatic carbocycles. The van der Waals surface area contributed by atoms with E-state index in [1.807, 2.05) is 30.3 Å². The van der Waals surface area contributed by atoms with E-state index >= 15 is 0 Å². The summed E-state index contributed by atoms with van der Waals surface area (Å²) in [4.78, 5) is 25.2. The Kier molecular flexibility index (Phi) is 3.65. The Bertz CT molecular complexity index is 444. The number of β-lactam (4-membered cyclic amide) rings is 1. The molecule has 0 spiro atoms. The number of rotatable bonds is 4. The first-order valence-corrected chi connectivity index (χ1v) is 6.16. The lowest BCUT2D eigenvalue weighted by Crippen LogP contribution is -2.63. The molecule has 1 aliphatic heterocycles. The van der Waals surface area contributed by atoms with Gasteiger partial charge in [0, 0.05) is 6.54 Å². The fourth-order valence-electron chi connectivity index (χ4n) is 2.24. The van der Waals surface area contributed by atoms with Crippen LogP contribution in [0.3, 0.4) is 0 Å². The number of benzene rings is 1. The largest absolute Gasteiger partial charge is 0.464 e. The van der Waals surface area contributed by atoms with Crippen LogP contribution in [0.2, 0.25) is 0 Å². The molecular weight excluding hydrogens is 230 g/mol. The SMILES string of the molecule is CCOC(=O)C1C(C)C(=O)N1Cc1ccccc1. The average molecular weight is 247 g/mol. The third kappa shape index (κ3) is 2.23. The first kappa shape index (κ1) is 12.6. The Morgan fingerprint density at radius 2 is 2.00 bits per heavy atom. The minimum atomic E-state index is -0.433. The molecule has 2 rings (SSSR count). The molecule has 4 heteroatoms. The molecule has 2 unspecified atom stereocenters. The highest BCUT2D eigenvalue weighted by Gasteiger charge is 2.49. The predicted octanol–water partition coefficient (Wildman–Crippen LogP) is 1.60. The van der Waals surface area contributed by atoms with Crippen molar-refractivity contribution in [1.82, 2.24) is 4.90 Å². The highest BCUT2D eigenvalue weighted by atomic mass is 16.5. The summed E-state index contributed by atoms with van der Waals surface area (Å²) >= 11 is 0. The minimum Gasteiger partial charge on any atom is -0.464 e. The van der Waals surface area contributed by atoms with Gasteiger partial charge in [-0.1, -0.05) is 37.3 Å². The number of hydrogen-bond donors (Lipinski definition) is 0. The Morgan fingerprint density at radius 1 is 1.33 bits per heavy atom. The lowest BCUT2D eigenvalue weighted by Gasteiger charge is -2.43. The number of carbonyl (C=O) groups is 2. The van der Waals surface area contributed by atoms with Gasteiger partial charge in [-0.3, -0.25) is 4.79 Å². The maximum atomic E-state index is 11.8. The van der Waals surface area contributed by atoms with Crippen LogP contribution < -0.4 is 0 Å². The van der Waals surface area contributed by atoms with E-state index in [2.05, 4.69) is 0 Å². The van der Waals surface area contributed by atoms with Crippen molar-refractivity contribution in [3.8, 4) is 0 Å². The normalized spacial score (nSPS) is 22.6. The molecule has 4 nitrogen and oxygen atoms in total. The zero-order valence-electron chi connectivity index (χ0n) is 10.6. The zero-order chi connectivity index (χ0) is 13.1. The molecule has 0 aliphatic carbocycles. The number of hydrogen-bond acceptors (Lipinski definition) is 3. The second-order valence-electron chi connectivity index (χ2n) is 4.44. The third-order valence-electron chi connectivity index (χ3n) is 3.21. The molecule has 1 fully saturated rings.